The second-order valence-corrected chi connectivity index (χ2v) is 5.96. The minimum Gasteiger partial charge on any atom is -0.328 e. The highest BCUT2D eigenvalue weighted by Crippen LogP contribution is 2.30. The van der Waals surface area contributed by atoms with Gasteiger partial charge >= 0.3 is 6.18 Å². The number of halogens is 3. The molecule has 1 aliphatic carbocycles. The van der Waals surface area contributed by atoms with Crippen molar-refractivity contribution >= 4 is 0 Å². The number of fused-ring (bicyclic) bond motifs is 1. The monoisotopic (exact) mass is 300 g/mol. The molecule has 7 heteroatoms. The Morgan fingerprint density at radius 1 is 1.29 bits per heavy atom. The molecule has 0 unspecified atom stereocenters. The summed E-state index contributed by atoms with van der Waals surface area (Å²) < 4.78 is 38.1. The summed E-state index contributed by atoms with van der Waals surface area (Å²) in [5, 5.41) is 0. The Labute approximate surface area is 121 Å². The third kappa shape index (κ3) is 3.18. The molecule has 2 aliphatic rings. The lowest BCUT2D eigenvalue weighted by atomic mass is 9.89. The number of hydrogen-bond donors (Lipinski definition) is 1. The summed E-state index contributed by atoms with van der Waals surface area (Å²) in [7, 11) is 0. The molecule has 1 aliphatic heterocycles. The second kappa shape index (κ2) is 5.53. The summed E-state index contributed by atoms with van der Waals surface area (Å²) in [5.41, 5.74) is 7.36. The van der Waals surface area contributed by atoms with Crippen LogP contribution in [0.2, 0.25) is 0 Å². The van der Waals surface area contributed by atoms with Crippen LogP contribution in [0, 0.1) is 0 Å². The van der Waals surface area contributed by atoms with Gasteiger partial charge < -0.3 is 5.73 Å². The molecule has 4 nitrogen and oxygen atoms in total. The molecule has 2 N–H and O–H groups in total. The molecule has 21 heavy (non-hydrogen) atoms. The van der Waals surface area contributed by atoms with Crippen molar-refractivity contribution in [2.24, 2.45) is 5.73 Å². The van der Waals surface area contributed by atoms with Crippen molar-refractivity contribution in [1.82, 2.24) is 14.9 Å². The van der Waals surface area contributed by atoms with E-state index in [4.69, 9.17) is 5.73 Å². The van der Waals surface area contributed by atoms with Gasteiger partial charge in [-0.05, 0) is 31.2 Å². The number of nitrogens with two attached hydrogens (primary N) is 1. The summed E-state index contributed by atoms with van der Waals surface area (Å²) in [6.07, 6.45) is 1.68. The zero-order valence-corrected chi connectivity index (χ0v) is 11.7. The summed E-state index contributed by atoms with van der Waals surface area (Å²) in [5.74, 6) is -1.04. The highest BCUT2D eigenvalue weighted by atomic mass is 19.4. The van der Waals surface area contributed by atoms with E-state index < -0.39 is 12.0 Å². The minimum absolute atomic E-state index is 0.210. The van der Waals surface area contributed by atoms with Gasteiger partial charge in [-0.3, -0.25) is 4.90 Å². The topological polar surface area (TPSA) is 55.0 Å². The van der Waals surface area contributed by atoms with Crippen LogP contribution in [-0.4, -0.2) is 33.5 Å². The van der Waals surface area contributed by atoms with Gasteiger partial charge in [0.15, 0.2) is 0 Å². The first kappa shape index (κ1) is 14.7. The lowest BCUT2D eigenvalue weighted by Gasteiger charge is -2.38. The van der Waals surface area contributed by atoms with Crippen LogP contribution in [0.4, 0.5) is 13.2 Å². The minimum atomic E-state index is -4.48. The number of hydrogen-bond acceptors (Lipinski definition) is 4. The standard InChI is InChI=1S/C14H19F3N4/c15-14(16,17)13-19-7-9-4-5-21(8-12(9)20-13)11-3-1-2-10(18)6-11/h7,10-11H,1-6,8,18H2/t10-,11+/m1/s1. The predicted octanol–water partition coefficient (Wildman–Crippen LogP) is 2.12. The van der Waals surface area contributed by atoms with Crippen LogP contribution in [0.5, 0.6) is 0 Å². The van der Waals surface area contributed by atoms with Gasteiger partial charge in [-0.25, -0.2) is 9.97 Å². The smallest absolute Gasteiger partial charge is 0.328 e. The fourth-order valence-electron chi connectivity index (χ4n) is 3.30. The highest BCUT2D eigenvalue weighted by molar-refractivity contribution is 5.21. The Kier molecular flexibility index (Phi) is 3.88. The summed E-state index contributed by atoms with van der Waals surface area (Å²) >= 11 is 0. The number of nitrogens with zero attached hydrogens (tertiary/aromatic N) is 3. The maximum Gasteiger partial charge on any atom is 0.451 e. The van der Waals surface area contributed by atoms with E-state index in [1.807, 2.05) is 0 Å². The van der Waals surface area contributed by atoms with E-state index in [9.17, 15) is 13.2 Å². The highest BCUT2D eigenvalue weighted by Gasteiger charge is 2.36. The van der Waals surface area contributed by atoms with Crippen LogP contribution in [0.25, 0.3) is 0 Å². The Balaban J connectivity index is 1.77. The summed E-state index contributed by atoms with van der Waals surface area (Å²) in [4.78, 5) is 9.41. The zero-order valence-electron chi connectivity index (χ0n) is 11.7. The molecular weight excluding hydrogens is 281 g/mol. The normalized spacial score (nSPS) is 27.4. The van der Waals surface area contributed by atoms with Gasteiger partial charge in [0.1, 0.15) is 0 Å². The third-order valence-electron chi connectivity index (χ3n) is 4.43. The lowest BCUT2D eigenvalue weighted by molar-refractivity contribution is -0.145. The average Bonchev–Trinajstić information content (AvgIpc) is 2.45. The molecule has 116 valence electrons. The summed E-state index contributed by atoms with van der Waals surface area (Å²) in [6, 6.07) is 0.576. The molecule has 0 aromatic carbocycles. The van der Waals surface area contributed by atoms with E-state index in [-0.39, 0.29) is 6.04 Å². The van der Waals surface area contributed by atoms with Gasteiger partial charge in [0.05, 0.1) is 5.69 Å². The first-order valence-electron chi connectivity index (χ1n) is 7.35. The number of alkyl halides is 3. The molecule has 1 aromatic heterocycles. The molecule has 0 spiro atoms. The molecular formula is C14H19F3N4. The van der Waals surface area contributed by atoms with E-state index in [0.29, 0.717) is 24.7 Å². The van der Waals surface area contributed by atoms with Gasteiger partial charge in [0.2, 0.25) is 5.82 Å². The van der Waals surface area contributed by atoms with Crippen LogP contribution in [0.15, 0.2) is 6.20 Å². The van der Waals surface area contributed by atoms with Gasteiger partial charge in [-0.2, -0.15) is 13.2 Å². The lowest BCUT2D eigenvalue weighted by Crippen LogP contribution is -2.45. The van der Waals surface area contributed by atoms with Crippen LogP contribution in [0.3, 0.4) is 0 Å². The van der Waals surface area contributed by atoms with Crippen molar-refractivity contribution in [3.8, 4) is 0 Å². The van der Waals surface area contributed by atoms with E-state index in [1.54, 1.807) is 0 Å². The fourth-order valence-corrected chi connectivity index (χ4v) is 3.30. The van der Waals surface area contributed by atoms with Crippen molar-refractivity contribution in [3.05, 3.63) is 23.3 Å². The molecule has 2 heterocycles. The van der Waals surface area contributed by atoms with E-state index >= 15 is 0 Å². The Morgan fingerprint density at radius 2 is 2.10 bits per heavy atom. The number of aromatic nitrogens is 2. The van der Waals surface area contributed by atoms with Crippen molar-refractivity contribution in [1.29, 1.82) is 0 Å². The average molecular weight is 300 g/mol. The molecule has 1 saturated carbocycles. The molecule has 0 bridgehead atoms. The summed E-state index contributed by atoms with van der Waals surface area (Å²) in [6.45, 7) is 1.32. The Morgan fingerprint density at radius 3 is 2.81 bits per heavy atom. The van der Waals surface area contributed by atoms with Crippen molar-refractivity contribution in [2.45, 2.75) is 56.9 Å². The first-order chi connectivity index (χ1) is 9.93. The predicted molar refractivity (Wildman–Crippen MR) is 71.4 cm³/mol. The van der Waals surface area contributed by atoms with E-state index in [2.05, 4.69) is 14.9 Å². The molecule has 0 saturated heterocycles. The van der Waals surface area contributed by atoms with Gasteiger partial charge in [0, 0.05) is 31.4 Å². The molecule has 1 aromatic rings. The van der Waals surface area contributed by atoms with Gasteiger partial charge in [-0.15, -0.1) is 0 Å². The first-order valence-corrected chi connectivity index (χ1v) is 7.35. The van der Waals surface area contributed by atoms with Crippen molar-refractivity contribution in [2.75, 3.05) is 6.54 Å². The molecule has 0 radical (unpaired) electrons. The maximum absolute atomic E-state index is 12.7. The molecule has 1 fully saturated rings. The molecule has 2 atom stereocenters. The van der Waals surface area contributed by atoms with E-state index in [1.165, 1.54) is 6.20 Å². The second-order valence-electron chi connectivity index (χ2n) is 5.96. The van der Waals surface area contributed by atoms with Crippen LogP contribution < -0.4 is 5.73 Å². The van der Waals surface area contributed by atoms with Crippen molar-refractivity contribution in [3.63, 3.8) is 0 Å². The van der Waals surface area contributed by atoms with E-state index in [0.717, 1.165) is 37.8 Å². The Bertz CT molecular complexity index is 517. The fraction of sp³-hybridized carbons (Fsp3) is 0.714. The maximum atomic E-state index is 12.7. The van der Waals surface area contributed by atoms with Crippen LogP contribution >= 0.6 is 0 Å². The van der Waals surface area contributed by atoms with Crippen LogP contribution in [-0.2, 0) is 19.1 Å². The van der Waals surface area contributed by atoms with Gasteiger partial charge in [-0.1, -0.05) is 6.42 Å². The van der Waals surface area contributed by atoms with Crippen LogP contribution in [0.1, 0.15) is 42.8 Å². The largest absolute Gasteiger partial charge is 0.451 e. The zero-order chi connectivity index (χ0) is 15.0. The number of rotatable bonds is 1. The van der Waals surface area contributed by atoms with Gasteiger partial charge in [0.25, 0.3) is 0 Å². The third-order valence-corrected chi connectivity index (χ3v) is 4.43. The quantitative estimate of drug-likeness (QED) is 0.863. The molecule has 3 rings (SSSR count). The SMILES string of the molecule is N[C@@H]1CCC[C@H](N2CCc3cnc(C(F)(F)F)nc3C2)C1. The Hall–Kier alpha value is -1.21. The molecule has 0 amide bonds. The van der Waals surface area contributed by atoms with Crippen molar-refractivity contribution < 1.29 is 13.2 Å².